The quantitative estimate of drug-likeness (QED) is 0.624. The van der Waals surface area contributed by atoms with Crippen LogP contribution in [0, 0.1) is 0 Å². The molecule has 1 fully saturated rings. The van der Waals surface area contributed by atoms with E-state index in [-0.39, 0.29) is 24.2 Å². The zero-order chi connectivity index (χ0) is 20.4. The van der Waals surface area contributed by atoms with E-state index in [4.69, 9.17) is 10.5 Å². The number of anilines is 3. The molecule has 3 aromatic rings. The number of amides is 1. The number of hydrogen-bond acceptors (Lipinski definition) is 6. The van der Waals surface area contributed by atoms with E-state index in [9.17, 15) is 9.59 Å². The fourth-order valence-electron chi connectivity index (χ4n) is 3.81. The van der Waals surface area contributed by atoms with Gasteiger partial charge in [-0.1, -0.05) is 12.1 Å². The molecule has 0 unspecified atom stereocenters. The lowest BCUT2D eigenvalue weighted by Gasteiger charge is -2.33. The van der Waals surface area contributed by atoms with Gasteiger partial charge in [-0.15, -0.1) is 0 Å². The van der Waals surface area contributed by atoms with Crippen molar-refractivity contribution >= 4 is 34.4 Å². The number of carbonyl (C=O) groups excluding carboxylic acids is 1. The van der Waals surface area contributed by atoms with Gasteiger partial charge in [0.15, 0.2) is 0 Å². The molecule has 0 spiro atoms. The predicted molar refractivity (Wildman–Crippen MR) is 112 cm³/mol. The molecular weight excluding hydrogens is 372 g/mol. The fraction of sp³-hybridized carbons (Fsp3) is 0.350. The second-order valence-corrected chi connectivity index (χ2v) is 6.98. The number of para-hydroxylation sites is 2. The summed E-state index contributed by atoms with van der Waals surface area (Å²) in [6.07, 6.45) is 1.09. The predicted octanol–water partition coefficient (Wildman–Crippen LogP) is 2.72. The number of aromatic nitrogens is 3. The maximum atomic E-state index is 12.4. The molecule has 4 rings (SSSR count). The number of H-pyrrole nitrogens is 1. The van der Waals surface area contributed by atoms with Gasteiger partial charge < -0.3 is 20.4 Å². The SMILES string of the molecule is CCOC(=O)Nc1ccc(N2CCC(n3c(=O)[nH]c4ccccc43)CC2)nc1N. The van der Waals surface area contributed by atoms with Gasteiger partial charge in [-0.25, -0.2) is 14.6 Å². The highest BCUT2D eigenvalue weighted by Gasteiger charge is 2.24. The van der Waals surface area contributed by atoms with Crippen molar-refractivity contribution in [1.29, 1.82) is 0 Å². The molecule has 0 radical (unpaired) electrons. The largest absolute Gasteiger partial charge is 0.450 e. The smallest absolute Gasteiger partial charge is 0.411 e. The molecule has 29 heavy (non-hydrogen) atoms. The van der Waals surface area contributed by atoms with Gasteiger partial charge in [-0.05, 0) is 44.0 Å². The number of rotatable bonds is 4. The van der Waals surface area contributed by atoms with Crippen molar-refractivity contribution in [3.05, 3.63) is 46.9 Å². The molecule has 4 N–H and O–H groups in total. The van der Waals surface area contributed by atoms with Crippen LogP contribution in [0.5, 0.6) is 0 Å². The number of piperidine rings is 1. The van der Waals surface area contributed by atoms with Crippen LogP contribution in [-0.4, -0.2) is 40.3 Å². The minimum absolute atomic E-state index is 0.0681. The highest BCUT2D eigenvalue weighted by molar-refractivity contribution is 5.88. The Hall–Kier alpha value is -3.49. The van der Waals surface area contributed by atoms with Crippen molar-refractivity contribution in [2.75, 3.05) is 35.6 Å². The Labute approximate surface area is 167 Å². The average Bonchev–Trinajstić information content (AvgIpc) is 3.05. The lowest BCUT2D eigenvalue weighted by Crippen LogP contribution is -2.37. The Kier molecular flexibility index (Phi) is 5.11. The third kappa shape index (κ3) is 3.75. The number of nitrogens with two attached hydrogens (primary N) is 1. The van der Waals surface area contributed by atoms with Crippen LogP contribution < -0.4 is 21.6 Å². The maximum Gasteiger partial charge on any atom is 0.411 e. The van der Waals surface area contributed by atoms with Gasteiger partial charge in [0.2, 0.25) is 0 Å². The summed E-state index contributed by atoms with van der Waals surface area (Å²) >= 11 is 0. The zero-order valence-electron chi connectivity index (χ0n) is 16.2. The van der Waals surface area contributed by atoms with Gasteiger partial charge in [-0.2, -0.15) is 0 Å². The van der Waals surface area contributed by atoms with E-state index in [1.165, 1.54) is 0 Å². The Balaban J connectivity index is 1.46. The summed E-state index contributed by atoms with van der Waals surface area (Å²) in [6, 6.07) is 11.4. The van der Waals surface area contributed by atoms with Crippen LogP contribution in [0.25, 0.3) is 11.0 Å². The van der Waals surface area contributed by atoms with Crippen molar-refractivity contribution in [2.24, 2.45) is 0 Å². The van der Waals surface area contributed by atoms with E-state index in [1.807, 2.05) is 34.9 Å². The van der Waals surface area contributed by atoms with Crippen molar-refractivity contribution in [3.63, 3.8) is 0 Å². The number of nitrogens with zero attached hydrogens (tertiary/aromatic N) is 3. The monoisotopic (exact) mass is 396 g/mol. The van der Waals surface area contributed by atoms with E-state index in [0.717, 1.165) is 42.8 Å². The van der Waals surface area contributed by atoms with Crippen LogP contribution in [0.3, 0.4) is 0 Å². The molecule has 0 bridgehead atoms. The summed E-state index contributed by atoms with van der Waals surface area (Å²) in [7, 11) is 0. The first-order valence-electron chi connectivity index (χ1n) is 9.71. The zero-order valence-corrected chi connectivity index (χ0v) is 16.2. The number of nitrogens with one attached hydrogen (secondary N) is 2. The van der Waals surface area contributed by atoms with Gasteiger partial charge in [0.05, 0.1) is 23.3 Å². The molecule has 0 saturated carbocycles. The number of pyridine rings is 1. The number of imidazole rings is 1. The Morgan fingerprint density at radius 1 is 1.28 bits per heavy atom. The number of benzene rings is 1. The molecule has 9 nitrogen and oxygen atoms in total. The van der Waals surface area contributed by atoms with Gasteiger partial charge in [0, 0.05) is 19.1 Å². The van der Waals surface area contributed by atoms with Crippen molar-refractivity contribution in [2.45, 2.75) is 25.8 Å². The van der Waals surface area contributed by atoms with E-state index >= 15 is 0 Å². The topological polar surface area (TPSA) is 118 Å². The second-order valence-electron chi connectivity index (χ2n) is 6.98. The van der Waals surface area contributed by atoms with E-state index in [1.54, 1.807) is 13.0 Å². The van der Waals surface area contributed by atoms with Gasteiger partial charge >= 0.3 is 11.8 Å². The Morgan fingerprint density at radius 3 is 2.76 bits per heavy atom. The van der Waals surface area contributed by atoms with E-state index in [0.29, 0.717) is 5.69 Å². The lowest BCUT2D eigenvalue weighted by molar-refractivity contribution is 0.168. The molecule has 2 aromatic heterocycles. The molecular formula is C20H24N6O3. The number of carbonyl (C=O) groups is 1. The standard InChI is InChI=1S/C20H24N6O3/c1-2-29-20(28)23-15-7-8-17(24-18(15)21)25-11-9-13(10-12-25)26-16-6-4-3-5-14(16)22-19(26)27/h3-8,13H,2,9-12H2,1H3,(H2,21,24)(H,22,27)(H,23,28). The first-order chi connectivity index (χ1) is 14.1. The van der Waals surface area contributed by atoms with Crippen LogP contribution >= 0.6 is 0 Å². The highest BCUT2D eigenvalue weighted by atomic mass is 16.5. The van der Waals surface area contributed by atoms with Gasteiger partial charge in [0.25, 0.3) is 0 Å². The third-order valence-electron chi connectivity index (χ3n) is 5.20. The minimum Gasteiger partial charge on any atom is -0.450 e. The van der Waals surface area contributed by atoms with Crippen LogP contribution in [0.1, 0.15) is 25.8 Å². The second kappa shape index (κ2) is 7.86. The van der Waals surface area contributed by atoms with Crippen LogP contribution in [0.2, 0.25) is 0 Å². The summed E-state index contributed by atoms with van der Waals surface area (Å²) < 4.78 is 6.72. The molecule has 1 aromatic carbocycles. The first-order valence-corrected chi connectivity index (χ1v) is 9.71. The molecule has 152 valence electrons. The molecule has 1 amide bonds. The van der Waals surface area contributed by atoms with Gasteiger partial charge in [-0.3, -0.25) is 9.88 Å². The number of nitrogen functional groups attached to an aromatic ring is 1. The average molecular weight is 396 g/mol. The molecule has 0 atom stereocenters. The minimum atomic E-state index is -0.557. The maximum absolute atomic E-state index is 12.4. The summed E-state index contributed by atoms with van der Waals surface area (Å²) in [5.74, 6) is 0.993. The van der Waals surface area contributed by atoms with Crippen molar-refractivity contribution in [1.82, 2.24) is 14.5 Å². The van der Waals surface area contributed by atoms with Crippen molar-refractivity contribution in [3.8, 4) is 0 Å². The molecule has 0 aliphatic carbocycles. The summed E-state index contributed by atoms with van der Waals surface area (Å²) in [4.78, 5) is 33.5. The highest BCUT2D eigenvalue weighted by Crippen LogP contribution is 2.29. The normalized spacial score (nSPS) is 14.9. The number of hydrogen-bond donors (Lipinski definition) is 3. The molecule has 1 aliphatic heterocycles. The third-order valence-corrected chi connectivity index (χ3v) is 5.20. The van der Waals surface area contributed by atoms with Crippen LogP contribution in [0.15, 0.2) is 41.2 Å². The summed E-state index contributed by atoms with van der Waals surface area (Å²) in [5.41, 5.74) is 8.15. The van der Waals surface area contributed by atoms with E-state index in [2.05, 4.69) is 20.2 Å². The molecule has 1 saturated heterocycles. The molecule has 3 heterocycles. The summed E-state index contributed by atoms with van der Waals surface area (Å²) in [5, 5.41) is 2.58. The molecule has 1 aliphatic rings. The van der Waals surface area contributed by atoms with Crippen LogP contribution in [0.4, 0.5) is 22.1 Å². The van der Waals surface area contributed by atoms with E-state index < -0.39 is 6.09 Å². The number of aromatic amines is 1. The van der Waals surface area contributed by atoms with Gasteiger partial charge in [0.1, 0.15) is 11.6 Å². The fourth-order valence-corrected chi connectivity index (χ4v) is 3.81. The number of fused-ring (bicyclic) bond motifs is 1. The van der Waals surface area contributed by atoms with Crippen LogP contribution in [-0.2, 0) is 4.74 Å². The lowest BCUT2D eigenvalue weighted by atomic mass is 10.0. The first kappa shape index (κ1) is 18.9. The van der Waals surface area contributed by atoms with Crippen molar-refractivity contribution < 1.29 is 9.53 Å². The molecule has 9 heteroatoms. The Morgan fingerprint density at radius 2 is 2.03 bits per heavy atom. The number of ether oxygens (including phenoxy) is 1. The summed E-state index contributed by atoms with van der Waals surface area (Å²) in [6.45, 7) is 3.53. The Bertz CT molecular complexity index is 1080.